The molecule has 0 fully saturated rings. The first-order valence-corrected chi connectivity index (χ1v) is 19.7. The average molecular weight is 743 g/mol. The number of aromatic nitrogens is 1. The summed E-state index contributed by atoms with van der Waals surface area (Å²) in [6.07, 6.45) is 0. The molecule has 3 heterocycles. The predicted octanol–water partition coefficient (Wildman–Crippen LogP) is 15.4. The molecule has 4 nitrogen and oxygen atoms in total. The van der Waals surface area contributed by atoms with E-state index in [4.69, 9.17) is 8.83 Å². The number of fused-ring (bicyclic) bond motifs is 10. The first-order chi connectivity index (χ1) is 28.8. The highest BCUT2D eigenvalue weighted by atomic mass is 16.3. The van der Waals surface area contributed by atoms with Crippen LogP contribution in [0.3, 0.4) is 0 Å². The number of rotatable bonds is 6. The normalized spacial score (nSPS) is 11.8. The Morgan fingerprint density at radius 1 is 0.345 bits per heavy atom. The third kappa shape index (κ3) is 4.95. The van der Waals surface area contributed by atoms with Crippen LogP contribution in [0.4, 0.5) is 17.1 Å². The van der Waals surface area contributed by atoms with Crippen molar-refractivity contribution in [1.82, 2.24) is 4.57 Å². The summed E-state index contributed by atoms with van der Waals surface area (Å²) in [5, 5.41) is 6.69. The van der Waals surface area contributed by atoms with Gasteiger partial charge >= 0.3 is 0 Å². The van der Waals surface area contributed by atoms with Crippen LogP contribution in [0.1, 0.15) is 0 Å². The lowest BCUT2D eigenvalue weighted by Crippen LogP contribution is -2.10. The van der Waals surface area contributed by atoms with E-state index < -0.39 is 0 Å². The van der Waals surface area contributed by atoms with Crippen molar-refractivity contribution in [3.05, 3.63) is 206 Å². The average Bonchev–Trinajstić information content (AvgIpc) is 3.98. The largest absolute Gasteiger partial charge is 0.455 e. The summed E-state index contributed by atoms with van der Waals surface area (Å²) in [6.45, 7) is 0. The van der Waals surface area contributed by atoms with Crippen molar-refractivity contribution in [2.75, 3.05) is 4.90 Å². The molecule has 9 aromatic carbocycles. The van der Waals surface area contributed by atoms with E-state index in [1.54, 1.807) is 0 Å². The van der Waals surface area contributed by atoms with E-state index in [-0.39, 0.29) is 0 Å². The molecular formula is C54H34N2O2. The van der Waals surface area contributed by atoms with Gasteiger partial charge in [0.1, 0.15) is 16.7 Å². The number of hydrogen-bond acceptors (Lipinski definition) is 3. The second-order valence-corrected chi connectivity index (χ2v) is 14.9. The first kappa shape index (κ1) is 32.4. The first-order valence-electron chi connectivity index (χ1n) is 19.7. The van der Waals surface area contributed by atoms with E-state index >= 15 is 0 Å². The molecule has 3 aromatic heterocycles. The van der Waals surface area contributed by atoms with Gasteiger partial charge in [-0.05, 0) is 83.4 Å². The van der Waals surface area contributed by atoms with Crippen molar-refractivity contribution in [2.24, 2.45) is 0 Å². The Morgan fingerprint density at radius 2 is 0.931 bits per heavy atom. The molecule has 0 aliphatic carbocycles. The van der Waals surface area contributed by atoms with Gasteiger partial charge in [0.2, 0.25) is 0 Å². The molecule has 0 N–H and O–H groups in total. The number of nitrogens with zero attached hydrogens (tertiary/aromatic N) is 2. The van der Waals surface area contributed by atoms with Gasteiger partial charge in [0.15, 0.2) is 5.58 Å². The van der Waals surface area contributed by atoms with E-state index in [9.17, 15) is 0 Å². The fraction of sp³-hybridized carbons (Fsp3) is 0. The molecule has 272 valence electrons. The SMILES string of the molecule is c1ccc(-c2ccc(N(c3ccc(-c4cccc5c4oc4ccccc45)cc3)c3cccc4c3oc3c4ccc4c3c3ccccc3n4-c3ccccc3)cc2)cc1. The Morgan fingerprint density at radius 3 is 1.71 bits per heavy atom. The zero-order valence-electron chi connectivity index (χ0n) is 31.3. The number of hydrogen-bond donors (Lipinski definition) is 0. The lowest BCUT2D eigenvalue weighted by molar-refractivity contribution is 0.670. The molecule has 12 aromatic rings. The van der Waals surface area contributed by atoms with Crippen molar-refractivity contribution in [3.8, 4) is 27.9 Å². The molecule has 0 unspecified atom stereocenters. The molecule has 0 atom stereocenters. The summed E-state index contributed by atoms with van der Waals surface area (Å²) in [4.78, 5) is 2.31. The van der Waals surface area contributed by atoms with Gasteiger partial charge in [-0.1, -0.05) is 140 Å². The second kappa shape index (κ2) is 12.9. The van der Waals surface area contributed by atoms with Crippen LogP contribution in [0, 0.1) is 0 Å². The number of anilines is 3. The van der Waals surface area contributed by atoms with Crippen LogP contribution >= 0.6 is 0 Å². The van der Waals surface area contributed by atoms with Crippen molar-refractivity contribution < 1.29 is 8.83 Å². The van der Waals surface area contributed by atoms with Crippen molar-refractivity contribution >= 4 is 82.7 Å². The quantitative estimate of drug-likeness (QED) is 0.170. The number of benzene rings is 9. The lowest BCUT2D eigenvalue weighted by Gasteiger charge is -2.26. The third-order valence-electron chi connectivity index (χ3n) is 11.6. The third-order valence-corrected chi connectivity index (χ3v) is 11.6. The van der Waals surface area contributed by atoms with Gasteiger partial charge in [0.05, 0.1) is 22.1 Å². The second-order valence-electron chi connectivity index (χ2n) is 14.9. The number of para-hydroxylation sites is 5. The van der Waals surface area contributed by atoms with Gasteiger partial charge in [-0.15, -0.1) is 0 Å². The molecule has 58 heavy (non-hydrogen) atoms. The minimum Gasteiger partial charge on any atom is -0.455 e. The van der Waals surface area contributed by atoms with E-state index in [0.717, 1.165) is 105 Å². The Bertz CT molecular complexity index is 3480. The van der Waals surface area contributed by atoms with Crippen molar-refractivity contribution in [2.45, 2.75) is 0 Å². The molecule has 0 saturated carbocycles. The minimum atomic E-state index is 0.838. The van der Waals surface area contributed by atoms with Crippen LogP contribution in [0.2, 0.25) is 0 Å². The van der Waals surface area contributed by atoms with E-state index in [1.165, 1.54) is 5.56 Å². The van der Waals surface area contributed by atoms with Gasteiger partial charge < -0.3 is 18.3 Å². The molecule has 0 aliphatic rings. The predicted molar refractivity (Wildman–Crippen MR) is 241 cm³/mol. The minimum absolute atomic E-state index is 0.838. The van der Waals surface area contributed by atoms with Crippen LogP contribution in [0.25, 0.3) is 93.6 Å². The molecule has 0 spiro atoms. The van der Waals surface area contributed by atoms with E-state index in [1.807, 2.05) is 12.1 Å². The number of furan rings is 2. The highest BCUT2D eigenvalue weighted by Crippen LogP contribution is 2.46. The standard InChI is InChI=1S/C54H34N2O2/c1-3-13-35(14-4-1)36-25-29-39(30-26-36)55(40-31-27-37(28-32-40)41-19-11-20-43-42-17-8-10-24-50(42)57-52(41)43)49-23-12-21-44-45-33-34-48-51(54(45)58-53(44)49)46-18-7-9-22-47(46)56(48)38-15-5-2-6-16-38/h1-34H. The maximum Gasteiger partial charge on any atom is 0.159 e. The van der Waals surface area contributed by atoms with Crippen LogP contribution < -0.4 is 4.90 Å². The summed E-state index contributed by atoms with van der Waals surface area (Å²) >= 11 is 0. The van der Waals surface area contributed by atoms with Gasteiger partial charge in [0.25, 0.3) is 0 Å². The molecular weight excluding hydrogens is 709 g/mol. The highest BCUT2D eigenvalue weighted by Gasteiger charge is 2.23. The zero-order chi connectivity index (χ0) is 38.2. The maximum atomic E-state index is 7.17. The fourth-order valence-electron chi connectivity index (χ4n) is 8.95. The van der Waals surface area contributed by atoms with Crippen LogP contribution in [-0.4, -0.2) is 4.57 Å². The summed E-state index contributed by atoms with van der Waals surface area (Å²) < 4.78 is 16.0. The van der Waals surface area contributed by atoms with Crippen molar-refractivity contribution in [3.63, 3.8) is 0 Å². The monoisotopic (exact) mass is 742 g/mol. The topological polar surface area (TPSA) is 34.5 Å². The Balaban J connectivity index is 1.06. The summed E-state index contributed by atoms with van der Waals surface area (Å²) in [5.41, 5.74) is 14.4. The highest BCUT2D eigenvalue weighted by molar-refractivity contribution is 6.25. The molecule has 4 heteroatoms. The van der Waals surface area contributed by atoms with Gasteiger partial charge in [-0.2, -0.15) is 0 Å². The Labute approximate surface area is 334 Å². The maximum absolute atomic E-state index is 7.17. The molecule has 0 amide bonds. The van der Waals surface area contributed by atoms with Crippen LogP contribution in [-0.2, 0) is 0 Å². The summed E-state index contributed by atoms with van der Waals surface area (Å²) in [6, 6.07) is 72.9. The molecule has 0 saturated heterocycles. The summed E-state index contributed by atoms with van der Waals surface area (Å²) in [5.74, 6) is 0. The zero-order valence-corrected chi connectivity index (χ0v) is 31.3. The van der Waals surface area contributed by atoms with Gasteiger partial charge in [0, 0.05) is 49.6 Å². The molecule has 12 rings (SSSR count). The Hall–Kier alpha value is -7.82. The fourth-order valence-corrected chi connectivity index (χ4v) is 8.95. The molecule has 0 aliphatic heterocycles. The lowest BCUT2D eigenvalue weighted by atomic mass is 10.0. The Kier molecular flexibility index (Phi) is 7.20. The molecule has 0 bridgehead atoms. The van der Waals surface area contributed by atoms with E-state index in [2.05, 4.69) is 204 Å². The van der Waals surface area contributed by atoms with Gasteiger partial charge in [-0.25, -0.2) is 0 Å². The van der Waals surface area contributed by atoms with Crippen LogP contribution in [0.15, 0.2) is 215 Å². The van der Waals surface area contributed by atoms with Gasteiger partial charge in [-0.3, -0.25) is 0 Å². The van der Waals surface area contributed by atoms with Crippen molar-refractivity contribution in [1.29, 1.82) is 0 Å². The van der Waals surface area contributed by atoms with E-state index in [0.29, 0.717) is 0 Å². The van der Waals surface area contributed by atoms with Crippen LogP contribution in [0.5, 0.6) is 0 Å². The molecule has 0 radical (unpaired) electrons. The summed E-state index contributed by atoms with van der Waals surface area (Å²) in [7, 11) is 0. The smallest absolute Gasteiger partial charge is 0.159 e.